The quantitative estimate of drug-likeness (QED) is 0.738. The number of nitrogens with one attached hydrogen (secondary N) is 1. The highest BCUT2D eigenvalue weighted by atomic mass is 16.5. The normalized spacial score (nSPS) is 13.2. The number of benzene rings is 1. The van der Waals surface area contributed by atoms with Gasteiger partial charge >= 0.3 is 0 Å². The Bertz CT molecular complexity index is 429. The van der Waals surface area contributed by atoms with Crippen LogP contribution in [0.2, 0.25) is 0 Å². The number of methoxy groups -OCH3 is 2. The van der Waals surface area contributed by atoms with Gasteiger partial charge in [-0.25, -0.2) is 0 Å². The first-order chi connectivity index (χ1) is 9.93. The van der Waals surface area contributed by atoms with Crippen molar-refractivity contribution < 1.29 is 9.47 Å². The SMILES string of the molecule is CCCNC(CCC(C)(C)OC)c1ccc(C)c(OC)c1. The molecule has 0 heterocycles. The molecule has 1 atom stereocenters. The first kappa shape index (κ1) is 18.0. The summed E-state index contributed by atoms with van der Waals surface area (Å²) in [6, 6.07) is 6.83. The van der Waals surface area contributed by atoms with E-state index in [1.165, 1.54) is 11.1 Å². The van der Waals surface area contributed by atoms with E-state index in [2.05, 4.69) is 51.2 Å². The molecule has 1 N–H and O–H groups in total. The van der Waals surface area contributed by atoms with E-state index in [0.717, 1.165) is 31.6 Å². The molecule has 0 aliphatic heterocycles. The summed E-state index contributed by atoms with van der Waals surface area (Å²) in [5.74, 6) is 0.960. The van der Waals surface area contributed by atoms with E-state index < -0.39 is 0 Å². The lowest BCUT2D eigenvalue weighted by Gasteiger charge is -2.27. The minimum absolute atomic E-state index is 0.0824. The van der Waals surface area contributed by atoms with Crippen LogP contribution in [0.5, 0.6) is 5.75 Å². The third-order valence-electron chi connectivity index (χ3n) is 4.06. The molecule has 3 nitrogen and oxygen atoms in total. The van der Waals surface area contributed by atoms with Crippen LogP contribution in [0.15, 0.2) is 18.2 Å². The summed E-state index contributed by atoms with van der Waals surface area (Å²) in [6.07, 6.45) is 3.20. The molecule has 1 aromatic carbocycles. The van der Waals surface area contributed by atoms with E-state index in [1.807, 2.05) is 0 Å². The highest BCUT2D eigenvalue weighted by Gasteiger charge is 2.20. The van der Waals surface area contributed by atoms with Crippen molar-refractivity contribution in [3.8, 4) is 5.75 Å². The molecular weight excluding hydrogens is 262 g/mol. The Morgan fingerprint density at radius 1 is 1.24 bits per heavy atom. The van der Waals surface area contributed by atoms with Gasteiger partial charge in [0.1, 0.15) is 5.75 Å². The molecule has 0 aliphatic rings. The van der Waals surface area contributed by atoms with E-state index in [4.69, 9.17) is 9.47 Å². The summed E-state index contributed by atoms with van der Waals surface area (Å²) < 4.78 is 11.0. The van der Waals surface area contributed by atoms with Crippen molar-refractivity contribution in [3.63, 3.8) is 0 Å². The molecule has 0 radical (unpaired) electrons. The average Bonchev–Trinajstić information content (AvgIpc) is 2.48. The van der Waals surface area contributed by atoms with Crippen molar-refractivity contribution in [2.75, 3.05) is 20.8 Å². The third kappa shape index (κ3) is 5.68. The van der Waals surface area contributed by atoms with Crippen molar-refractivity contribution in [2.45, 2.75) is 58.6 Å². The Balaban J connectivity index is 2.86. The fraction of sp³-hybridized carbons (Fsp3) is 0.667. The summed E-state index contributed by atoms with van der Waals surface area (Å²) >= 11 is 0. The smallest absolute Gasteiger partial charge is 0.122 e. The topological polar surface area (TPSA) is 30.5 Å². The molecule has 0 bridgehead atoms. The van der Waals surface area contributed by atoms with Crippen LogP contribution in [-0.4, -0.2) is 26.4 Å². The van der Waals surface area contributed by atoms with Gasteiger partial charge in [-0.15, -0.1) is 0 Å². The van der Waals surface area contributed by atoms with Gasteiger partial charge in [0.05, 0.1) is 12.7 Å². The van der Waals surface area contributed by atoms with Crippen LogP contribution in [0.4, 0.5) is 0 Å². The van der Waals surface area contributed by atoms with Gasteiger partial charge in [0.15, 0.2) is 0 Å². The first-order valence-corrected chi connectivity index (χ1v) is 7.86. The van der Waals surface area contributed by atoms with E-state index >= 15 is 0 Å². The Morgan fingerprint density at radius 2 is 1.95 bits per heavy atom. The fourth-order valence-electron chi connectivity index (χ4n) is 2.35. The number of ether oxygens (including phenoxy) is 2. The van der Waals surface area contributed by atoms with Crippen molar-refractivity contribution in [1.82, 2.24) is 5.32 Å². The van der Waals surface area contributed by atoms with Crippen LogP contribution in [-0.2, 0) is 4.74 Å². The van der Waals surface area contributed by atoms with Crippen LogP contribution in [0.1, 0.15) is 57.2 Å². The predicted octanol–water partition coefficient (Wildman–Crippen LogP) is 4.25. The fourth-order valence-corrected chi connectivity index (χ4v) is 2.35. The van der Waals surface area contributed by atoms with Gasteiger partial charge in [0, 0.05) is 13.2 Å². The number of hydrogen-bond acceptors (Lipinski definition) is 3. The average molecular weight is 293 g/mol. The largest absolute Gasteiger partial charge is 0.496 e. The molecule has 0 aliphatic carbocycles. The highest BCUT2D eigenvalue weighted by molar-refractivity contribution is 5.37. The molecule has 0 amide bonds. The van der Waals surface area contributed by atoms with Gasteiger partial charge in [0.2, 0.25) is 0 Å². The molecule has 0 saturated heterocycles. The Labute approximate surface area is 130 Å². The highest BCUT2D eigenvalue weighted by Crippen LogP contribution is 2.28. The van der Waals surface area contributed by atoms with Crippen molar-refractivity contribution in [3.05, 3.63) is 29.3 Å². The lowest BCUT2D eigenvalue weighted by atomic mass is 9.94. The van der Waals surface area contributed by atoms with Gasteiger partial charge in [-0.05, 0) is 63.8 Å². The van der Waals surface area contributed by atoms with Crippen LogP contribution < -0.4 is 10.1 Å². The van der Waals surface area contributed by atoms with Crippen LogP contribution >= 0.6 is 0 Å². The van der Waals surface area contributed by atoms with Crippen LogP contribution in [0.3, 0.4) is 0 Å². The zero-order chi connectivity index (χ0) is 15.9. The zero-order valence-electron chi connectivity index (χ0n) is 14.5. The molecule has 0 spiro atoms. The summed E-state index contributed by atoms with van der Waals surface area (Å²) in [4.78, 5) is 0. The molecular formula is C18H31NO2. The first-order valence-electron chi connectivity index (χ1n) is 7.86. The summed E-state index contributed by atoms with van der Waals surface area (Å²) in [5.41, 5.74) is 2.38. The van der Waals surface area contributed by atoms with Gasteiger partial charge in [-0.1, -0.05) is 19.1 Å². The molecule has 0 aromatic heterocycles. The van der Waals surface area contributed by atoms with Gasteiger partial charge in [-0.2, -0.15) is 0 Å². The molecule has 3 heteroatoms. The molecule has 21 heavy (non-hydrogen) atoms. The maximum absolute atomic E-state index is 5.54. The van der Waals surface area contributed by atoms with E-state index in [0.29, 0.717) is 6.04 Å². The second-order valence-corrected chi connectivity index (χ2v) is 6.24. The summed E-state index contributed by atoms with van der Waals surface area (Å²) in [6.45, 7) is 9.57. The Kier molecular flexibility index (Phi) is 7.20. The summed E-state index contributed by atoms with van der Waals surface area (Å²) in [5, 5.41) is 3.64. The third-order valence-corrected chi connectivity index (χ3v) is 4.06. The minimum atomic E-state index is -0.0824. The van der Waals surface area contributed by atoms with Crippen LogP contribution in [0.25, 0.3) is 0 Å². The minimum Gasteiger partial charge on any atom is -0.496 e. The monoisotopic (exact) mass is 293 g/mol. The second kappa shape index (κ2) is 8.40. The van der Waals surface area contributed by atoms with Crippen molar-refractivity contribution >= 4 is 0 Å². The summed E-state index contributed by atoms with van der Waals surface area (Å²) in [7, 11) is 3.51. The zero-order valence-corrected chi connectivity index (χ0v) is 14.5. The van der Waals surface area contributed by atoms with E-state index in [1.54, 1.807) is 14.2 Å². The number of aryl methyl sites for hydroxylation is 1. The molecule has 0 saturated carbocycles. The maximum Gasteiger partial charge on any atom is 0.122 e. The predicted molar refractivity (Wildman–Crippen MR) is 89.1 cm³/mol. The Morgan fingerprint density at radius 3 is 2.52 bits per heavy atom. The number of hydrogen-bond donors (Lipinski definition) is 1. The van der Waals surface area contributed by atoms with Crippen molar-refractivity contribution in [2.24, 2.45) is 0 Å². The Hall–Kier alpha value is -1.06. The number of rotatable bonds is 9. The van der Waals surface area contributed by atoms with E-state index in [-0.39, 0.29) is 5.60 Å². The lowest BCUT2D eigenvalue weighted by molar-refractivity contribution is 0.0117. The molecule has 1 aromatic rings. The lowest BCUT2D eigenvalue weighted by Crippen LogP contribution is -2.28. The maximum atomic E-state index is 5.54. The molecule has 0 fully saturated rings. The molecule has 120 valence electrons. The van der Waals surface area contributed by atoms with Crippen molar-refractivity contribution in [1.29, 1.82) is 0 Å². The second-order valence-electron chi connectivity index (χ2n) is 6.24. The van der Waals surface area contributed by atoms with E-state index in [9.17, 15) is 0 Å². The van der Waals surface area contributed by atoms with Crippen LogP contribution in [0, 0.1) is 6.92 Å². The van der Waals surface area contributed by atoms with Gasteiger partial charge in [0.25, 0.3) is 0 Å². The molecule has 1 unspecified atom stereocenters. The van der Waals surface area contributed by atoms with Gasteiger partial charge in [-0.3, -0.25) is 0 Å². The standard InChI is InChI=1S/C18H31NO2/c1-7-12-19-16(10-11-18(3,4)21-6)15-9-8-14(2)17(13-15)20-5/h8-9,13,16,19H,7,10-12H2,1-6H3. The molecule has 1 rings (SSSR count). The van der Waals surface area contributed by atoms with Gasteiger partial charge < -0.3 is 14.8 Å².